The molecule has 0 radical (unpaired) electrons. The van der Waals surface area contributed by atoms with Gasteiger partial charge in [0.25, 0.3) is 0 Å². The fourth-order valence-corrected chi connectivity index (χ4v) is 0.767. The number of hydrogen-bond donors (Lipinski definition) is 1. The van der Waals surface area contributed by atoms with Crippen LogP contribution in [0, 0.1) is 0 Å². The minimum absolute atomic E-state index is 0.194. The van der Waals surface area contributed by atoms with Crippen molar-refractivity contribution < 1.29 is 4.79 Å². The Morgan fingerprint density at radius 1 is 1.60 bits per heavy atom. The van der Waals surface area contributed by atoms with Gasteiger partial charge in [0, 0.05) is 12.3 Å². The standard InChI is InChI=1S/C6H4BrNO2/c7-5-2-8-4(3-9)1-6(5)10/h1-3H,(H,8,10). The molecule has 0 aliphatic carbocycles. The lowest BCUT2D eigenvalue weighted by Gasteiger charge is -1.89. The van der Waals surface area contributed by atoms with E-state index in [0.717, 1.165) is 0 Å². The lowest BCUT2D eigenvalue weighted by Crippen LogP contribution is -2.02. The van der Waals surface area contributed by atoms with Crippen molar-refractivity contribution >= 4 is 22.2 Å². The van der Waals surface area contributed by atoms with Crippen LogP contribution in [-0.4, -0.2) is 11.3 Å². The second-order valence-corrected chi connectivity index (χ2v) is 2.57. The first-order valence-electron chi connectivity index (χ1n) is 2.57. The molecule has 1 rings (SSSR count). The Hall–Kier alpha value is -0.900. The first kappa shape index (κ1) is 7.21. The molecule has 0 saturated carbocycles. The lowest BCUT2D eigenvalue weighted by atomic mass is 10.4. The van der Waals surface area contributed by atoms with E-state index < -0.39 is 0 Å². The van der Waals surface area contributed by atoms with Crippen molar-refractivity contribution in [2.24, 2.45) is 0 Å². The average Bonchev–Trinajstić information content (AvgIpc) is 1.95. The Labute approximate surface area is 65.2 Å². The second-order valence-electron chi connectivity index (χ2n) is 1.72. The summed E-state index contributed by atoms with van der Waals surface area (Å²) in [4.78, 5) is 23.5. The third-order valence-corrected chi connectivity index (χ3v) is 1.63. The van der Waals surface area contributed by atoms with Crippen LogP contribution in [0.3, 0.4) is 0 Å². The molecule has 1 heterocycles. The number of aromatic amines is 1. The van der Waals surface area contributed by atoms with Crippen molar-refractivity contribution in [1.29, 1.82) is 0 Å². The van der Waals surface area contributed by atoms with Gasteiger partial charge in [-0.25, -0.2) is 0 Å². The maximum atomic E-state index is 10.8. The van der Waals surface area contributed by atoms with E-state index in [1.807, 2.05) is 0 Å². The fraction of sp³-hybridized carbons (Fsp3) is 0. The summed E-state index contributed by atoms with van der Waals surface area (Å²) in [5, 5.41) is 0. The van der Waals surface area contributed by atoms with E-state index in [-0.39, 0.29) is 11.1 Å². The molecule has 4 heteroatoms. The van der Waals surface area contributed by atoms with E-state index in [4.69, 9.17) is 0 Å². The number of halogens is 1. The summed E-state index contributed by atoms with van der Waals surface area (Å²) < 4.78 is 0.429. The number of nitrogens with one attached hydrogen (secondary N) is 1. The van der Waals surface area contributed by atoms with Gasteiger partial charge in [0.15, 0.2) is 11.7 Å². The average molecular weight is 202 g/mol. The molecule has 10 heavy (non-hydrogen) atoms. The number of aromatic nitrogens is 1. The number of carbonyl (C=O) groups excluding carboxylic acids is 1. The van der Waals surface area contributed by atoms with E-state index in [2.05, 4.69) is 20.9 Å². The Morgan fingerprint density at radius 3 is 2.80 bits per heavy atom. The predicted molar refractivity (Wildman–Crippen MR) is 40.2 cm³/mol. The number of carbonyl (C=O) groups is 1. The van der Waals surface area contributed by atoms with Gasteiger partial charge in [0.05, 0.1) is 10.2 Å². The summed E-state index contributed by atoms with van der Waals surface area (Å²) in [6.07, 6.45) is 2.03. The molecule has 1 N–H and O–H groups in total. The van der Waals surface area contributed by atoms with Gasteiger partial charge in [-0.15, -0.1) is 0 Å². The molecule has 0 saturated heterocycles. The van der Waals surface area contributed by atoms with Gasteiger partial charge in [0.1, 0.15) is 0 Å². The smallest absolute Gasteiger partial charge is 0.196 e. The Morgan fingerprint density at radius 2 is 2.30 bits per heavy atom. The number of hydrogen-bond acceptors (Lipinski definition) is 2. The minimum Gasteiger partial charge on any atom is -0.358 e. The van der Waals surface area contributed by atoms with E-state index in [1.54, 1.807) is 0 Å². The zero-order valence-electron chi connectivity index (χ0n) is 4.93. The summed E-state index contributed by atoms with van der Waals surface area (Å²) in [6, 6.07) is 1.23. The number of pyridine rings is 1. The summed E-state index contributed by atoms with van der Waals surface area (Å²) >= 11 is 3.00. The quantitative estimate of drug-likeness (QED) is 0.689. The van der Waals surface area contributed by atoms with E-state index in [0.29, 0.717) is 10.8 Å². The highest BCUT2D eigenvalue weighted by molar-refractivity contribution is 9.10. The van der Waals surface area contributed by atoms with E-state index in [1.165, 1.54) is 12.3 Å². The van der Waals surface area contributed by atoms with Gasteiger partial charge in [-0.3, -0.25) is 9.59 Å². The largest absolute Gasteiger partial charge is 0.358 e. The molecule has 0 aliphatic heterocycles. The van der Waals surface area contributed by atoms with Crippen LogP contribution in [0.1, 0.15) is 10.5 Å². The van der Waals surface area contributed by atoms with Crippen molar-refractivity contribution in [3.63, 3.8) is 0 Å². The molecule has 0 fully saturated rings. The first-order chi connectivity index (χ1) is 4.74. The SMILES string of the molecule is O=Cc1cc(=O)c(Br)c[nH]1. The van der Waals surface area contributed by atoms with Crippen molar-refractivity contribution in [3.8, 4) is 0 Å². The first-order valence-corrected chi connectivity index (χ1v) is 3.37. The number of aldehydes is 1. The number of H-pyrrole nitrogens is 1. The van der Waals surface area contributed by atoms with Crippen LogP contribution < -0.4 is 5.43 Å². The monoisotopic (exact) mass is 201 g/mol. The molecule has 0 aromatic carbocycles. The molecule has 0 unspecified atom stereocenters. The third-order valence-electron chi connectivity index (χ3n) is 1.01. The normalized spacial score (nSPS) is 9.30. The van der Waals surface area contributed by atoms with Crippen molar-refractivity contribution in [2.45, 2.75) is 0 Å². The van der Waals surface area contributed by atoms with E-state index >= 15 is 0 Å². The molecular formula is C6H4BrNO2. The molecule has 1 aromatic heterocycles. The van der Waals surface area contributed by atoms with Gasteiger partial charge in [0.2, 0.25) is 0 Å². The maximum Gasteiger partial charge on any atom is 0.196 e. The molecule has 0 amide bonds. The van der Waals surface area contributed by atoms with Crippen LogP contribution in [-0.2, 0) is 0 Å². The highest BCUT2D eigenvalue weighted by atomic mass is 79.9. The molecule has 0 spiro atoms. The highest BCUT2D eigenvalue weighted by Crippen LogP contribution is 1.98. The molecule has 3 nitrogen and oxygen atoms in total. The van der Waals surface area contributed by atoms with Gasteiger partial charge in [-0.1, -0.05) is 0 Å². The molecular weight excluding hydrogens is 198 g/mol. The Kier molecular flexibility index (Phi) is 2.01. The summed E-state index contributed by atoms with van der Waals surface area (Å²) in [5.41, 5.74) is 0.0917. The van der Waals surface area contributed by atoms with Crippen LogP contribution in [0.4, 0.5) is 0 Å². The molecule has 1 aromatic rings. The van der Waals surface area contributed by atoms with Gasteiger partial charge >= 0.3 is 0 Å². The van der Waals surface area contributed by atoms with Gasteiger partial charge in [-0.2, -0.15) is 0 Å². The lowest BCUT2D eigenvalue weighted by molar-refractivity contribution is 0.111. The zero-order chi connectivity index (χ0) is 7.56. The Balaban J connectivity index is 3.30. The van der Waals surface area contributed by atoms with Crippen LogP contribution in [0.2, 0.25) is 0 Å². The molecule has 0 aliphatic rings. The molecule has 0 bridgehead atoms. The predicted octanol–water partition coefficient (Wildman–Crippen LogP) is 0.950. The summed E-state index contributed by atoms with van der Waals surface area (Å²) in [7, 11) is 0. The topological polar surface area (TPSA) is 49.9 Å². The molecule has 0 atom stereocenters. The Bertz CT molecular complexity index is 305. The summed E-state index contributed by atoms with van der Waals surface area (Å²) in [5.74, 6) is 0. The zero-order valence-corrected chi connectivity index (χ0v) is 6.51. The van der Waals surface area contributed by atoms with Crippen molar-refractivity contribution in [1.82, 2.24) is 4.98 Å². The maximum absolute atomic E-state index is 10.8. The van der Waals surface area contributed by atoms with Crippen molar-refractivity contribution in [2.75, 3.05) is 0 Å². The van der Waals surface area contributed by atoms with Crippen LogP contribution >= 0.6 is 15.9 Å². The molecule has 52 valence electrons. The van der Waals surface area contributed by atoms with Gasteiger partial charge in [-0.05, 0) is 15.9 Å². The fourth-order valence-electron chi connectivity index (χ4n) is 0.538. The van der Waals surface area contributed by atoms with Crippen molar-refractivity contribution in [3.05, 3.63) is 32.7 Å². The van der Waals surface area contributed by atoms with Crippen LogP contribution in [0.5, 0.6) is 0 Å². The minimum atomic E-state index is -0.194. The second kappa shape index (κ2) is 2.79. The highest BCUT2D eigenvalue weighted by Gasteiger charge is 1.94. The van der Waals surface area contributed by atoms with Gasteiger partial charge < -0.3 is 4.98 Å². The third kappa shape index (κ3) is 1.33. The summed E-state index contributed by atoms with van der Waals surface area (Å²) in [6.45, 7) is 0. The van der Waals surface area contributed by atoms with Crippen LogP contribution in [0.25, 0.3) is 0 Å². The number of rotatable bonds is 1. The van der Waals surface area contributed by atoms with E-state index in [9.17, 15) is 9.59 Å². The van der Waals surface area contributed by atoms with Crippen LogP contribution in [0.15, 0.2) is 21.5 Å².